The molecule has 0 atom stereocenters. The summed E-state index contributed by atoms with van der Waals surface area (Å²) in [4.78, 5) is 19.1. The first kappa shape index (κ1) is 22.1. The molecule has 2 aromatic carbocycles. The first-order chi connectivity index (χ1) is 16.0. The Morgan fingerprint density at radius 1 is 1.00 bits per heavy atom. The van der Waals surface area contributed by atoms with Crippen molar-refractivity contribution in [1.29, 1.82) is 0 Å². The maximum atomic E-state index is 13.1. The summed E-state index contributed by atoms with van der Waals surface area (Å²) in [6.07, 6.45) is 4.53. The molecule has 1 aliphatic heterocycles. The molecular weight excluding hydrogens is 458 g/mol. The van der Waals surface area contributed by atoms with Crippen molar-refractivity contribution in [1.82, 2.24) is 24.4 Å². The van der Waals surface area contributed by atoms with Crippen LogP contribution < -0.4 is 0 Å². The number of aryl methyl sites for hydroxylation is 2. The highest BCUT2D eigenvalue weighted by atomic mass is 32.2. The van der Waals surface area contributed by atoms with E-state index in [1.54, 1.807) is 22.7 Å². The van der Waals surface area contributed by atoms with Crippen molar-refractivity contribution < 1.29 is 13.2 Å². The SMILES string of the molecule is O=C(c1ccc(CSc2ncn[nH]2)cc1)N1CCN(S(=O)(=O)c2ccc3c(c2)CCC3)CC1. The molecule has 1 N–H and O–H groups in total. The van der Waals surface area contributed by atoms with Gasteiger partial charge in [-0.05, 0) is 60.2 Å². The molecule has 33 heavy (non-hydrogen) atoms. The fourth-order valence-corrected chi connectivity index (χ4v) is 6.54. The number of sulfonamides is 1. The third kappa shape index (κ3) is 4.68. The highest BCUT2D eigenvalue weighted by molar-refractivity contribution is 7.98. The second-order valence-electron chi connectivity index (χ2n) is 8.26. The first-order valence-electron chi connectivity index (χ1n) is 11.0. The Morgan fingerprint density at radius 2 is 1.76 bits per heavy atom. The number of aromatic amines is 1. The van der Waals surface area contributed by atoms with Crippen LogP contribution in [-0.4, -0.2) is 64.9 Å². The summed E-state index contributed by atoms with van der Waals surface area (Å²) in [7, 11) is -3.55. The van der Waals surface area contributed by atoms with Crippen LogP contribution in [0.1, 0.15) is 33.5 Å². The smallest absolute Gasteiger partial charge is 0.253 e. The van der Waals surface area contributed by atoms with E-state index in [9.17, 15) is 13.2 Å². The van der Waals surface area contributed by atoms with Crippen LogP contribution in [0.15, 0.2) is 58.8 Å². The predicted octanol–water partition coefficient (Wildman–Crippen LogP) is 2.73. The van der Waals surface area contributed by atoms with Crippen molar-refractivity contribution in [3.63, 3.8) is 0 Å². The molecule has 0 bridgehead atoms. The number of carbonyl (C=O) groups excluding carboxylic acids is 1. The molecule has 0 unspecified atom stereocenters. The normalized spacial score (nSPS) is 16.7. The van der Waals surface area contributed by atoms with Gasteiger partial charge in [0, 0.05) is 37.5 Å². The van der Waals surface area contributed by atoms with Crippen LogP contribution in [0.3, 0.4) is 0 Å². The molecule has 2 aliphatic rings. The number of fused-ring (bicyclic) bond motifs is 1. The Labute approximate surface area is 197 Å². The molecule has 3 aromatic rings. The molecular formula is C23H25N5O3S2. The van der Waals surface area contributed by atoms with Gasteiger partial charge in [0.2, 0.25) is 10.0 Å². The topological polar surface area (TPSA) is 99.3 Å². The zero-order chi connectivity index (χ0) is 22.8. The number of thioether (sulfide) groups is 1. The van der Waals surface area contributed by atoms with Gasteiger partial charge in [0.25, 0.3) is 5.91 Å². The molecule has 0 radical (unpaired) electrons. The quantitative estimate of drug-likeness (QED) is 0.541. The number of carbonyl (C=O) groups is 1. The van der Waals surface area contributed by atoms with E-state index in [4.69, 9.17) is 0 Å². The van der Waals surface area contributed by atoms with E-state index >= 15 is 0 Å². The molecule has 1 amide bonds. The predicted molar refractivity (Wildman–Crippen MR) is 126 cm³/mol. The van der Waals surface area contributed by atoms with E-state index in [-0.39, 0.29) is 5.91 Å². The summed E-state index contributed by atoms with van der Waals surface area (Å²) >= 11 is 1.54. The molecule has 1 aromatic heterocycles. The van der Waals surface area contributed by atoms with Crippen molar-refractivity contribution >= 4 is 27.7 Å². The summed E-state index contributed by atoms with van der Waals surface area (Å²) < 4.78 is 27.8. The number of amides is 1. The maximum Gasteiger partial charge on any atom is 0.253 e. The third-order valence-electron chi connectivity index (χ3n) is 6.20. The van der Waals surface area contributed by atoms with Gasteiger partial charge in [-0.15, -0.1) is 0 Å². The van der Waals surface area contributed by atoms with Crippen molar-refractivity contribution in [2.24, 2.45) is 0 Å². The molecule has 1 aliphatic carbocycles. The molecule has 0 saturated carbocycles. The molecule has 5 rings (SSSR count). The monoisotopic (exact) mass is 483 g/mol. The number of benzene rings is 2. The summed E-state index contributed by atoms with van der Waals surface area (Å²) in [5, 5.41) is 7.39. The van der Waals surface area contributed by atoms with Crippen molar-refractivity contribution in [3.8, 4) is 0 Å². The van der Waals surface area contributed by atoms with E-state index in [1.165, 1.54) is 16.2 Å². The van der Waals surface area contributed by atoms with Crippen LogP contribution in [0.25, 0.3) is 0 Å². The van der Waals surface area contributed by atoms with Gasteiger partial charge in [-0.25, -0.2) is 13.4 Å². The van der Waals surface area contributed by atoms with E-state index in [0.29, 0.717) is 36.6 Å². The summed E-state index contributed by atoms with van der Waals surface area (Å²) in [6.45, 7) is 1.37. The fraction of sp³-hybridized carbons (Fsp3) is 0.348. The van der Waals surface area contributed by atoms with Crippen LogP contribution in [-0.2, 0) is 28.6 Å². The lowest BCUT2D eigenvalue weighted by molar-refractivity contribution is 0.0698. The number of H-pyrrole nitrogens is 1. The standard InChI is InChI=1S/C23H25N5O3S2/c29-22(19-6-4-17(5-7-19)15-32-23-24-16-25-26-23)27-10-12-28(13-11-27)33(30,31)21-9-8-18-2-1-3-20(18)14-21/h4-9,14,16H,1-3,10-13,15H2,(H,24,25,26). The van der Waals surface area contributed by atoms with Crippen LogP contribution in [0.4, 0.5) is 0 Å². The average Bonchev–Trinajstić information content (AvgIpc) is 3.54. The van der Waals surface area contributed by atoms with Crippen LogP contribution in [0.5, 0.6) is 0 Å². The number of piperazine rings is 1. The highest BCUT2D eigenvalue weighted by Gasteiger charge is 2.31. The number of nitrogens with zero attached hydrogens (tertiary/aromatic N) is 4. The number of rotatable bonds is 6. The largest absolute Gasteiger partial charge is 0.336 e. The van der Waals surface area contributed by atoms with Crippen LogP contribution in [0.2, 0.25) is 0 Å². The van der Waals surface area contributed by atoms with E-state index in [0.717, 1.165) is 41.3 Å². The lowest BCUT2D eigenvalue weighted by Crippen LogP contribution is -2.50. The number of hydrogen-bond donors (Lipinski definition) is 1. The summed E-state index contributed by atoms with van der Waals surface area (Å²) in [5.74, 6) is 0.655. The van der Waals surface area contributed by atoms with Gasteiger partial charge in [-0.1, -0.05) is 30.0 Å². The Bertz CT molecular complexity index is 1240. The molecule has 0 spiro atoms. The maximum absolute atomic E-state index is 13.1. The number of hydrogen-bond acceptors (Lipinski definition) is 6. The first-order valence-corrected chi connectivity index (χ1v) is 13.4. The van der Waals surface area contributed by atoms with Gasteiger partial charge in [-0.2, -0.15) is 9.40 Å². The molecule has 10 heteroatoms. The van der Waals surface area contributed by atoms with Gasteiger partial charge in [0.05, 0.1) is 4.90 Å². The minimum Gasteiger partial charge on any atom is -0.336 e. The van der Waals surface area contributed by atoms with Crippen molar-refractivity contribution in [3.05, 3.63) is 71.0 Å². The second-order valence-corrected chi connectivity index (χ2v) is 11.2. The van der Waals surface area contributed by atoms with Crippen molar-refractivity contribution in [2.75, 3.05) is 26.2 Å². The number of aromatic nitrogens is 3. The third-order valence-corrected chi connectivity index (χ3v) is 9.05. The summed E-state index contributed by atoms with van der Waals surface area (Å²) in [5.41, 5.74) is 4.09. The van der Waals surface area contributed by atoms with E-state index in [1.807, 2.05) is 36.4 Å². The molecule has 1 saturated heterocycles. The highest BCUT2D eigenvalue weighted by Crippen LogP contribution is 2.27. The lowest BCUT2D eigenvalue weighted by atomic mass is 10.1. The lowest BCUT2D eigenvalue weighted by Gasteiger charge is -2.34. The Balaban J connectivity index is 1.18. The van der Waals surface area contributed by atoms with Gasteiger partial charge in [-0.3, -0.25) is 9.89 Å². The van der Waals surface area contributed by atoms with E-state index < -0.39 is 10.0 Å². The van der Waals surface area contributed by atoms with Gasteiger partial charge < -0.3 is 4.90 Å². The Hall–Kier alpha value is -2.69. The van der Waals surface area contributed by atoms with Crippen LogP contribution in [0, 0.1) is 0 Å². The molecule has 172 valence electrons. The molecule has 8 nitrogen and oxygen atoms in total. The van der Waals surface area contributed by atoms with Gasteiger partial charge in [0.1, 0.15) is 6.33 Å². The molecule has 1 fully saturated rings. The number of nitrogens with one attached hydrogen (secondary N) is 1. The minimum absolute atomic E-state index is 0.0704. The molecule has 2 heterocycles. The zero-order valence-electron chi connectivity index (χ0n) is 18.1. The Morgan fingerprint density at radius 3 is 2.48 bits per heavy atom. The van der Waals surface area contributed by atoms with Crippen LogP contribution >= 0.6 is 11.8 Å². The van der Waals surface area contributed by atoms with E-state index in [2.05, 4.69) is 15.2 Å². The second kappa shape index (κ2) is 9.28. The summed E-state index contributed by atoms with van der Waals surface area (Å²) in [6, 6.07) is 13.0. The fourth-order valence-electron chi connectivity index (χ4n) is 4.33. The van der Waals surface area contributed by atoms with Gasteiger partial charge in [0.15, 0.2) is 5.16 Å². The Kier molecular flexibility index (Phi) is 6.22. The van der Waals surface area contributed by atoms with Crippen molar-refractivity contribution in [2.45, 2.75) is 35.1 Å². The average molecular weight is 484 g/mol. The van der Waals surface area contributed by atoms with Gasteiger partial charge >= 0.3 is 0 Å². The zero-order valence-corrected chi connectivity index (χ0v) is 19.7. The minimum atomic E-state index is -3.55.